The molecule has 1 saturated heterocycles. The third kappa shape index (κ3) is 3.39. The molecule has 1 aliphatic rings. The van der Waals surface area contributed by atoms with Crippen molar-refractivity contribution in [2.45, 2.75) is 13.8 Å². The van der Waals surface area contributed by atoms with Gasteiger partial charge in [0, 0.05) is 36.9 Å². The molecule has 0 bridgehead atoms. The van der Waals surface area contributed by atoms with Crippen LogP contribution in [0.1, 0.15) is 21.5 Å². The van der Waals surface area contributed by atoms with E-state index >= 15 is 0 Å². The Balaban J connectivity index is 1.72. The van der Waals surface area contributed by atoms with Crippen LogP contribution >= 0.6 is 11.6 Å². The molecule has 0 unspecified atom stereocenters. The molecule has 0 atom stereocenters. The van der Waals surface area contributed by atoms with Gasteiger partial charge in [-0.15, -0.1) is 0 Å². The Morgan fingerprint density at radius 2 is 1.75 bits per heavy atom. The first-order chi connectivity index (χ1) is 11.5. The summed E-state index contributed by atoms with van der Waals surface area (Å²) < 4.78 is 13.9. The molecule has 1 fully saturated rings. The molecule has 1 aliphatic heterocycles. The summed E-state index contributed by atoms with van der Waals surface area (Å²) in [5, 5.41) is 0.369. The molecule has 24 heavy (non-hydrogen) atoms. The first kappa shape index (κ1) is 16.8. The molecule has 3 nitrogen and oxygen atoms in total. The maximum atomic E-state index is 13.9. The molecule has 0 aromatic heterocycles. The fraction of sp³-hybridized carbons (Fsp3) is 0.316. The maximum absolute atomic E-state index is 13.9. The molecule has 126 valence electrons. The number of carbonyl (C=O) groups excluding carboxylic acids is 1. The number of hydrogen-bond donors (Lipinski definition) is 0. The zero-order valence-corrected chi connectivity index (χ0v) is 14.6. The number of aryl methyl sites for hydroxylation is 2. The zero-order valence-electron chi connectivity index (χ0n) is 13.9. The Morgan fingerprint density at radius 1 is 1.04 bits per heavy atom. The summed E-state index contributed by atoms with van der Waals surface area (Å²) in [4.78, 5) is 16.5. The van der Waals surface area contributed by atoms with Gasteiger partial charge in [0.1, 0.15) is 5.82 Å². The van der Waals surface area contributed by atoms with E-state index in [1.54, 1.807) is 4.90 Å². The minimum Gasteiger partial charge on any atom is -0.368 e. The lowest BCUT2D eigenvalue weighted by molar-refractivity contribution is 0.0742. The van der Waals surface area contributed by atoms with Crippen LogP contribution in [0.15, 0.2) is 36.4 Å². The van der Waals surface area contributed by atoms with Crippen molar-refractivity contribution in [2.75, 3.05) is 31.1 Å². The molecule has 1 amide bonds. The smallest absolute Gasteiger partial charge is 0.257 e. The van der Waals surface area contributed by atoms with Crippen molar-refractivity contribution in [1.82, 2.24) is 4.90 Å². The van der Waals surface area contributed by atoms with E-state index in [-0.39, 0.29) is 11.5 Å². The predicted molar refractivity (Wildman–Crippen MR) is 95.4 cm³/mol. The highest BCUT2D eigenvalue weighted by Gasteiger charge is 2.25. The summed E-state index contributed by atoms with van der Waals surface area (Å²) in [6, 6.07) is 10.5. The molecule has 3 rings (SSSR count). The van der Waals surface area contributed by atoms with Crippen LogP contribution in [0.4, 0.5) is 10.1 Å². The summed E-state index contributed by atoms with van der Waals surface area (Å²) in [7, 11) is 0. The Morgan fingerprint density at radius 3 is 2.46 bits per heavy atom. The van der Waals surface area contributed by atoms with Gasteiger partial charge in [0.2, 0.25) is 0 Å². The van der Waals surface area contributed by atoms with Gasteiger partial charge in [-0.1, -0.05) is 23.7 Å². The largest absolute Gasteiger partial charge is 0.368 e. The summed E-state index contributed by atoms with van der Waals surface area (Å²) in [6.07, 6.45) is 0. The van der Waals surface area contributed by atoms with Gasteiger partial charge in [0.15, 0.2) is 0 Å². The SMILES string of the molecule is Cc1ccc(C)c(N2CCN(C(=O)c3cc(Cl)ccc3F)CC2)c1. The Labute approximate surface area is 146 Å². The number of benzene rings is 2. The first-order valence-electron chi connectivity index (χ1n) is 8.02. The summed E-state index contributed by atoms with van der Waals surface area (Å²) in [6.45, 7) is 6.77. The van der Waals surface area contributed by atoms with Crippen molar-refractivity contribution in [3.63, 3.8) is 0 Å². The summed E-state index contributed by atoms with van der Waals surface area (Å²) in [5.74, 6) is -0.822. The number of amides is 1. The number of carbonyl (C=O) groups is 1. The van der Waals surface area contributed by atoms with Gasteiger partial charge in [0.05, 0.1) is 5.56 Å². The lowest BCUT2D eigenvalue weighted by Crippen LogP contribution is -2.49. The van der Waals surface area contributed by atoms with Crippen molar-refractivity contribution >= 4 is 23.2 Å². The van der Waals surface area contributed by atoms with Crippen LogP contribution in [0.5, 0.6) is 0 Å². The number of piperazine rings is 1. The van der Waals surface area contributed by atoms with Crippen LogP contribution in [-0.2, 0) is 0 Å². The fourth-order valence-corrected chi connectivity index (χ4v) is 3.21. The Kier molecular flexibility index (Phi) is 4.76. The van der Waals surface area contributed by atoms with Gasteiger partial charge < -0.3 is 9.80 Å². The van der Waals surface area contributed by atoms with Gasteiger partial charge in [-0.3, -0.25) is 4.79 Å². The quantitative estimate of drug-likeness (QED) is 0.818. The van der Waals surface area contributed by atoms with Crippen LogP contribution in [0.25, 0.3) is 0 Å². The Hall–Kier alpha value is -2.07. The summed E-state index contributed by atoms with van der Waals surface area (Å²) >= 11 is 5.89. The van der Waals surface area contributed by atoms with E-state index in [1.807, 2.05) is 0 Å². The topological polar surface area (TPSA) is 23.6 Å². The second kappa shape index (κ2) is 6.81. The van der Waals surface area contributed by atoms with Gasteiger partial charge in [-0.2, -0.15) is 0 Å². The average Bonchev–Trinajstić information content (AvgIpc) is 2.59. The van der Waals surface area contributed by atoms with Crippen molar-refractivity contribution in [1.29, 1.82) is 0 Å². The third-order valence-corrected chi connectivity index (χ3v) is 4.67. The van der Waals surface area contributed by atoms with Crippen LogP contribution < -0.4 is 4.90 Å². The molecule has 5 heteroatoms. The molecule has 0 spiro atoms. The molecule has 2 aromatic rings. The lowest BCUT2D eigenvalue weighted by atomic mass is 10.1. The predicted octanol–water partition coefficient (Wildman–Crippen LogP) is 4.06. The Bertz CT molecular complexity index is 770. The standard InChI is InChI=1S/C19H20ClFN2O/c1-13-3-4-14(2)18(11-13)22-7-9-23(10-8-22)19(24)16-12-15(20)5-6-17(16)21/h3-6,11-12H,7-10H2,1-2H3. The van der Waals surface area contributed by atoms with Gasteiger partial charge in [-0.05, 0) is 49.2 Å². The summed E-state index contributed by atoms with van der Waals surface area (Å²) in [5.41, 5.74) is 3.69. The van der Waals surface area contributed by atoms with Crippen molar-refractivity contribution < 1.29 is 9.18 Å². The number of halogens is 2. The van der Waals surface area contributed by atoms with Gasteiger partial charge in [0.25, 0.3) is 5.91 Å². The average molecular weight is 347 g/mol. The van der Waals surface area contributed by atoms with Crippen molar-refractivity contribution in [3.05, 3.63) is 63.9 Å². The third-order valence-electron chi connectivity index (χ3n) is 4.43. The molecule has 0 aliphatic carbocycles. The van der Waals surface area contributed by atoms with Crippen molar-refractivity contribution in [2.24, 2.45) is 0 Å². The number of nitrogens with zero attached hydrogens (tertiary/aromatic N) is 2. The highest BCUT2D eigenvalue weighted by Crippen LogP contribution is 2.24. The maximum Gasteiger partial charge on any atom is 0.257 e. The molecule has 1 heterocycles. The van der Waals surface area contributed by atoms with Crippen LogP contribution in [0.2, 0.25) is 5.02 Å². The minimum atomic E-state index is -0.527. The zero-order chi connectivity index (χ0) is 17.3. The second-order valence-electron chi connectivity index (χ2n) is 6.19. The van der Waals surface area contributed by atoms with Crippen molar-refractivity contribution in [3.8, 4) is 0 Å². The molecular formula is C19H20ClFN2O. The minimum absolute atomic E-state index is 0.0442. The van der Waals surface area contributed by atoms with E-state index in [2.05, 4.69) is 36.9 Å². The van der Waals surface area contributed by atoms with Crippen LogP contribution in [0.3, 0.4) is 0 Å². The monoisotopic (exact) mass is 346 g/mol. The fourth-order valence-electron chi connectivity index (χ4n) is 3.04. The number of anilines is 1. The molecule has 0 radical (unpaired) electrons. The molecule has 0 N–H and O–H groups in total. The van der Waals surface area contributed by atoms with E-state index in [9.17, 15) is 9.18 Å². The highest BCUT2D eigenvalue weighted by atomic mass is 35.5. The van der Waals surface area contributed by atoms with E-state index < -0.39 is 5.82 Å². The van der Waals surface area contributed by atoms with Crippen LogP contribution in [0, 0.1) is 19.7 Å². The first-order valence-corrected chi connectivity index (χ1v) is 8.40. The van der Waals surface area contributed by atoms with E-state index in [0.717, 1.165) is 13.1 Å². The number of hydrogen-bond acceptors (Lipinski definition) is 2. The van der Waals surface area contributed by atoms with Gasteiger partial charge >= 0.3 is 0 Å². The normalized spacial score (nSPS) is 14.8. The lowest BCUT2D eigenvalue weighted by Gasteiger charge is -2.37. The molecular weight excluding hydrogens is 327 g/mol. The van der Waals surface area contributed by atoms with E-state index in [4.69, 9.17) is 11.6 Å². The van der Waals surface area contributed by atoms with E-state index in [1.165, 1.54) is 35.0 Å². The highest BCUT2D eigenvalue weighted by molar-refractivity contribution is 6.31. The van der Waals surface area contributed by atoms with E-state index in [0.29, 0.717) is 18.1 Å². The second-order valence-corrected chi connectivity index (χ2v) is 6.63. The van der Waals surface area contributed by atoms with Gasteiger partial charge in [-0.25, -0.2) is 4.39 Å². The molecule has 2 aromatic carbocycles. The number of rotatable bonds is 2. The van der Waals surface area contributed by atoms with Crippen LogP contribution in [-0.4, -0.2) is 37.0 Å². The molecule has 0 saturated carbocycles.